The lowest BCUT2D eigenvalue weighted by atomic mass is 10.0. The van der Waals surface area contributed by atoms with Crippen molar-refractivity contribution in [1.82, 2.24) is 10.2 Å². The molecule has 148 valence electrons. The molecular formula is C23H28N2O3. The van der Waals surface area contributed by atoms with Gasteiger partial charge in [0.15, 0.2) is 0 Å². The second-order valence-corrected chi connectivity index (χ2v) is 7.62. The summed E-state index contributed by atoms with van der Waals surface area (Å²) in [6, 6.07) is 15.1. The van der Waals surface area contributed by atoms with Crippen molar-refractivity contribution in [2.45, 2.75) is 46.2 Å². The van der Waals surface area contributed by atoms with Crippen LogP contribution in [0.5, 0.6) is 11.5 Å². The summed E-state index contributed by atoms with van der Waals surface area (Å²) in [5.74, 6) is 1.48. The van der Waals surface area contributed by atoms with Gasteiger partial charge in [0, 0.05) is 25.1 Å². The number of likely N-dealkylation sites (tertiary alicyclic amines) is 1. The van der Waals surface area contributed by atoms with Crippen molar-refractivity contribution in [2.24, 2.45) is 5.92 Å². The number of amides is 2. The minimum absolute atomic E-state index is 0.0566. The van der Waals surface area contributed by atoms with Gasteiger partial charge in [0.05, 0.1) is 0 Å². The van der Waals surface area contributed by atoms with Crippen molar-refractivity contribution < 1.29 is 14.3 Å². The van der Waals surface area contributed by atoms with Crippen molar-refractivity contribution in [3.05, 3.63) is 59.7 Å². The van der Waals surface area contributed by atoms with Crippen LogP contribution in [0.25, 0.3) is 0 Å². The Balaban J connectivity index is 1.69. The molecule has 28 heavy (non-hydrogen) atoms. The van der Waals surface area contributed by atoms with Crippen LogP contribution in [0.3, 0.4) is 0 Å². The van der Waals surface area contributed by atoms with E-state index >= 15 is 0 Å². The maximum atomic E-state index is 12.9. The standard InChI is InChI=1S/C23H28N2O3/c1-16(2)22(25-14-6-9-21(25)26)23(27)24-15-18-7-4-5-8-20(18)28-19-12-10-17(3)11-13-19/h4-5,7-8,10-13,16,22H,6,9,14-15H2,1-3H3,(H,24,27). The van der Waals surface area contributed by atoms with Crippen molar-refractivity contribution in [3.63, 3.8) is 0 Å². The summed E-state index contributed by atoms with van der Waals surface area (Å²) in [6.45, 7) is 6.99. The van der Waals surface area contributed by atoms with E-state index in [0.717, 1.165) is 17.7 Å². The molecule has 0 spiro atoms. The molecule has 0 aromatic heterocycles. The quantitative estimate of drug-likeness (QED) is 0.788. The molecule has 1 fully saturated rings. The number of nitrogens with zero attached hydrogens (tertiary/aromatic N) is 1. The Morgan fingerprint density at radius 2 is 1.86 bits per heavy atom. The largest absolute Gasteiger partial charge is 0.457 e. The van der Waals surface area contributed by atoms with Crippen LogP contribution in [-0.2, 0) is 16.1 Å². The molecule has 1 aliphatic heterocycles. The van der Waals surface area contributed by atoms with Gasteiger partial charge in [-0.25, -0.2) is 0 Å². The molecule has 1 saturated heterocycles. The molecule has 0 saturated carbocycles. The molecular weight excluding hydrogens is 352 g/mol. The fourth-order valence-electron chi connectivity index (χ4n) is 3.54. The number of rotatable bonds is 7. The molecule has 1 heterocycles. The molecule has 1 unspecified atom stereocenters. The molecule has 5 nitrogen and oxygen atoms in total. The number of nitrogens with one attached hydrogen (secondary N) is 1. The smallest absolute Gasteiger partial charge is 0.243 e. The number of para-hydroxylation sites is 1. The predicted molar refractivity (Wildman–Crippen MR) is 109 cm³/mol. The number of hydrogen-bond acceptors (Lipinski definition) is 3. The number of ether oxygens (including phenoxy) is 1. The van der Waals surface area contributed by atoms with E-state index in [1.54, 1.807) is 4.90 Å². The van der Waals surface area contributed by atoms with Crippen molar-refractivity contribution in [2.75, 3.05) is 6.54 Å². The molecule has 2 aromatic carbocycles. The second kappa shape index (κ2) is 8.91. The van der Waals surface area contributed by atoms with Crippen LogP contribution in [0.2, 0.25) is 0 Å². The lowest BCUT2D eigenvalue weighted by Crippen LogP contribution is -2.50. The summed E-state index contributed by atoms with van der Waals surface area (Å²) in [4.78, 5) is 26.7. The van der Waals surface area contributed by atoms with Crippen LogP contribution in [0.1, 0.15) is 37.8 Å². The highest BCUT2D eigenvalue weighted by Gasteiger charge is 2.34. The van der Waals surface area contributed by atoms with Crippen molar-refractivity contribution in [1.29, 1.82) is 0 Å². The van der Waals surface area contributed by atoms with Crippen molar-refractivity contribution in [3.8, 4) is 11.5 Å². The summed E-state index contributed by atoms with van der Waals surface area (Å²) in [5.41, 5.74) is 2.07. The predicted octanol–water partition coefficient (Wildman–Crippen LogP) is 4.05. The Kier molecular flexibility index (Phi) is 6.34. The highest BCUT2D eigenvalue weighted by Crippen LogP contribution is 2.26. The molecule has 0 bridgehead atoms. The number of benzene rings is 2. The molecule has 0 radical (unpaired) electrons. The maximum absolute atomic E-state index is 12.9. The van der Waals surface area contributed by atoms with E-state index in [1.165, 1.54) is 5.56 Å². The molecule has 5 heteroatoms. The fraction of sp³-hybridized carbons (Fsp3) is 0.391. The van der Waals surface area contributed by atoms with E-state index < -0.39 is 6.04 Å². The Hall–Kier alpha value is -2.82. The fourth-order valence-corrected chi connectivity index (χ4v) is 3.54. The normalized spacial score (nSPS) is 15.0. The second-order valence-electron chi connectivity index (χ2n) is 7.62. The highest BCUT2D eigenvalue weighted by atomic mass is 16.5. The molecule has 2 aromatic rings. The van der Waals surface area contributed by atoms with Gasteiger partial charge in [-0.2, -0.15) is 0 Å². The average molecular weight is 380 g/mol. The monoisotopic (exact) mass is 380 g/mol. The zero-order chi connectivity index (χ0) is 20.1. The van der Waals surface area contributed by atoms with Gasteiger partial charge in [-0.1, -0.05) is 49.7 Å². The minimum atomic E-state index is -0.430. The van der Waals surface area contributed by atoms with Gasteiger partial charge in [-0.15, -0.1) is 0 Å². The molecule has 1 atom stereocenters. The SMILES string of the molecule is Cc1ccc(Oc2ccccc2CNC(=O)C(C(C)C)N2CCCC2=O)cc1. The summed E-state index contributed by atoms with van der Waals surface area (Å²) < 4.78 is 6.01. The van der Waals surface area contributed by atoms with Crippen LogP contribution >= 0.6 is 0 Å². The molecule has 3 rings (SSSR count). The topological polar surface area (TPSA) is 58.6 Å². The summed E-state index contributed by atoms with van der Waals surface area (Å²) >= 11 is 0. The summed E-state index contributed by atoms with van der Waals surface area (Å²) in [5, 5.41) is 3.00. The Bertz CT molecular complexity index is 830. The first kappa shape index (κ1) is 19.9. The third kappa shape index (κ3) is 4.71. The van der Waals surface area contributed by atoms with Crippen LogP contribution in [0, 0.1) is 12.8 Å². The minimum Gasteiger partial charge on any atom is -0.457 e. The Morgan fingerprint density at radius 3 is 2.50 bits per heavy atom. The van der Waals surface area contributed by atoms with Crippen LogP contribution in [0.15, 0.2) is 48.5 Å². The number of hydrogen-bond donors (Lipinski definition) is 1. The van der Waals surface area contributed by atoms with E-state index in [0.29, 0.717) is 25.3 Å². The molecule has 0 aliphatic carbocycles. The lowest BCUT2D eigenvalue weighted by molar-refractivity contribution is -0.139. The van der Waals surface area contributed by atoms with Crippen LogP contribution in [-0.4, -0.2) is 29.3 Å². The van der Waals surface area contributed by atoms with Gasteiger partial charge < -0.3 is 15.0 Å². The zero-order valence-electron chi connectivity index (χ0n) is 16.8. The Labute approximate surface area is 166 Å². The van der Waals surface area contributed by atoms with E-state index in [1.807, 2.05) is 69.3 Å². The van der Waals surface area contributed by atoms with Crippen LogP contribution in [0.4, 0.5) is 0 Å². The first-order valence-corrected chi connectivity index (χ1v) is 9.85. The van der Waals surface area contributed by atoms with Gasteiger partial charge in [-0.3, -0.25) is 9.59 Å². The van der Waals surface area contributed by atoms with Gasteiger partial charge in [0.2, 0.25) is 11.8 Å². The van der Waals surface area contributed by atoms with Gasteiger partial charge in [0.1, 0.15) is 17.5 Å². The Morgan fingerprint density at radius 1 is 1.14 bits per heavy atom. The van der Waals surface area contributed by atoms with Crippen LogP contribution < -0.4 is 10.1 Å². The van der Waals surface area contributed by atoms with Crippen molar-refractivity contribution >= 4 is 11.8 Å². The van der Waals surface area contributed by atoms with E-state index in [-0.39, 0.29) is 17.7 Å². The molecule has 1 aliphatic rings. The first-order chi connectivity index (χ1) is 13.5. The summed E-state index contributed by atoms with van der Waals surface area (Å²) in [7, 11) is 0. The first-order valence-electron chi connectivity index (χ1n) is 9.85. The van der Waals surface area contributed by atoms with Gasteiger partial charge >= 0.3 is 0 Å². The van der Waals surface area contributed by atoms with E-state index in [9.17, 15) is 9.59 Å². The molecule has 1 N–H and O–H groups in total. The number of carbonyl (C=O) groups excluding carboxylic acids is 2. The maximum Gasteiger partial charge on any atom is 0.243 e. The van der Waals surface area contributed by atoms with E-state index in [4.69, 9.17) is 4.74 Å². The third-order valence-electron chi connectivity index (χ3n) is 5.02. The van der Waals surface area contributed by atoms with Gasteiger partial charge in [-0.05, 0) is 37.5 Å². The number of carbonyl (C=O) groups is 2. The number of aryl methyl sites for hydroxylation is 1. The lowest BCUT2D eigenvalue weighted by Gasteiger charge is -2.30. The van der Waals surface area contributed by atoms with E-state index in [2.05, 4.69) is 5.32 Å². The summed E-state index contributed by atoms with van der Waals surface area (Å²) in [6.07, 6.45) is 1.35. The zero-order valence-corrected chi connectivity index (χ0v) is 16.8. The third-order valence-corrected chi connectivity index (χ3v) is 5.02. The highest BCUT2D eigenvalue weighted by molar-refractivity contribution is 5.88. The average Bonchev–Trinajstić information content (AvgIpc) is 3.08. The van der Waals surface area contributed by atoms with Gasteiger partial charge in [0.25, 0.3) is 0 Å². The molecule has 2 amide bonds.